The molecule has 0 aliphatic heterocycles. The van der Waals surface area contributed by atoms with Gasteiger partial charge in [-0.2, -0.15) is 5.26 Å². The third kappa shape index (κ3) is 1.80. The standard InChI is InChI=1S/C14H15N/c1-11-6-7-14(2,9-11)13-5-3-4-12(8-13)10-15/h3-5,8-9H,6-7H2,1-2H3/t14-/m1/s1. The van der Waals surface area contributed by atoms with Gasteiger partial charge in [-0.15, -0.1) is 0 Å². The van der Waals surface area contributed by atoms with Crippen molar-refractivity contribution in [2.75, 3.05) is 0 Å². The first kappa shape index (κ1) is 9.98. The van der Waals surface area contributed by atoms with Crippen molar-refractivity contribution < 1.29 is 0 Å². The molecular formula is C14H15N. The van der Waals surface area contributed by atoms with Crippen LogP contribution >= 0.6 is 0 Å². The van der Waals surface area contributed by atoms with Gasteiger partial charge in [0.05, 0.1) is 11.6 Å². The molecule has 76 valence electrons. The van der Waals surface area contributed by atoms with Crippen LogP contribution in [0.1, 0.15) is 37.8 Å². The van der Waals surface area contributed by atoms with Gasteiger partial charge >= 0.3 is 0 Å². The Morgan fingerprint density at radius 1 is 1.40 bits per heavy atom. The third-order valence-electron chi connectivity index (χ3n) is 3.25. The van der Waals surface area contributed by atoms with Crippen molar-refractivity contribution in [1.82, 2.24) is 0 Å². The Labute approximate surface area is 91.0 Å². The van der Waals surface area contributed by atoms with Crippen LogP contribution in [0, 0.1) is 11.3 Å². The molecular weight excluding hydrogens is 182 g/mol. The summed E-state index contributed by atoms with van der Waals surface area (Å²) in [5, 5.41) is 8.88. The molecule has 0 amide bonds. The van der Waals surface area contributed by atoms with Crippen LogP contribution in [0.2, 0.25) is 0 Å². The lowest BCUT2D eigenvalue weighted by Crippen LogP contribution is -2.15. The smallest absolute Gasteiger partial charge is 0.0991 e. The second-order valence-corrected chi connectivity index (χ2v) is 4.60. The molecule has 1 aromatic carbocycles. The summed E-state index contributed by atoms with van der Waals surface area (Å²) >= 11 is 0. The van der Waals surface area contributed by atoms with Crippen LogP contribution in [0.5, 0.6) is 0 Å². The van der Waals surface area contributed by atoms with Gasteiger partial charge in [0.1, 0.15) is 0 Å². The summed E-state index contributed by atoms with van der Waals surface area (Å²) in [6.45, 7) is 4.43. The van der Waals surface area contributed by atoms with E-state index in [0.29, 0.717) is 0 Å². The number of nitrogens with zero attached hydrogens (tertiary/aromatic N) is 1. The van der Waals surface area contributed by atoms with E-state index in [4.69, 9.17) is 5.26 Å². The summed E-state index contributed by atoms with van der Waals surface area (Å²) in [6, 6.07) is 10.2. The maximum absolute atomic E-state index is 8.88. The number of nitriles is 1. The highest BCUT2D eigenvalue weighted by Gasteiger charge is 2.28. The minimum Gasteiger partial charge on any atom is -0.192 e. The van der Waals surface area contributed by atoms with Crippen LogP contribution in [-0.2, 0) is 5.41 Å². The summed E-state index contributed by atoms with van der Waals surface area (Å²) in [5.74, 6) is 0. The normalized spacial score (nSPS) is 24.7. The summed E-state index contributed by atoms with van der Waals surface area (Å²) in [4.78, 5) is 0. The van der Waals surface area contributed by atoms with E-state index in [1.807, 2.05) is 18.2 Å². The van der Waals surface area contributed by atoms with Gasteiger partial charge in [0.15, 0.2) is 0 Å². The van der Waals surface area contributed by atoms with Gasteiger partial charge in [-0.3, -0.25) is 0 Å². The number of hydrogen-bond acceptors (Lipinski definition) is 1. The van der Waals surface area contributed by atoms with Crippen molar-refractivity contribution in [3.8, 4) is 6.07 Å². The van der Waals surface area contributed by atoms with Crippen LogP contribution in [0.4, 0.5) is 0 Å². The van der Waals surface area contributed by atoms with E-state index in [2.05, 4.69) is 32.1 Å². The van der Waals surface area contributed by atoms with Crippen molar-refractivity contribution >= 4 is 0 Å². The van der Waals surface area contributed by atoms with E-state index in [1.165, 1.54) is 17.6 Å². The number of hydrogen-bond donors (Lipinski definition) is 0. The SMILES string of the molecule is CC1=C[C@](C)(c2cccc(C#N)c2)CC1. The molecule has 0 unspecified atom stereocenters. The van der Waals surface area contributed by atoms with Gasteiger partial charge in [0.2, 0.25) is 0 Å². The fraction of sp³-hybridized carbons (Fsp3) is 0.357. The van der Waals surface area contributed by atoms with Crippen LogP contribution < -0.4 is 0 Å². The van der Waals surface area contributed by atoms with E-state index in [0.717, 1.165) is 12.0 Å². The van der Waals surface area contributed by atoms with Crippen LogP contribution in [0.3, 0.4) is 0 Å². The predicted octanol–water partition coefficient (Wildman–Crippen LogP) is 3.56. The minimum absolute atomic E-state index is 0.136. The van der Waals surface area contributed by atoms with Gasteiger partial charge < -0.3 is 0 Å². The maximum atomic E-state index is 8.88. The topological polar surface area (TPSA) is 23.8 Å². The zero-order chi connectivity index (χ0) is 10.9. The van der Waals surface area contributed by atoms with E-state index >= 15 is 0 Å². The van der Waals surface area contributed by atoms with Crippen molar-refractivity contribution in [1.29, 1.82) is 5.26 Å². The van der Waals surface area contributed by atoms with Crippen LogP contribution in [0.15, 0.2) is 35.9 Å². The molecule has 2 rings (SSSR count). The lowest BCUT2D eigenvalue weighted by Gasteiger charge is -2.22. The van der Waals surface area contributed by atoms with Crippen LogP contribution in [-0.4, -0.2) is 0 Å². The Hall–Kier alpha value is -1.55. The maximum Gasteiger partial charge on any atom is 0.0991 e. The fourth-order valence-corrected chi connectivity index (χ4v) is 2.32. The second-order valence-electron chi connectivity index (χ2n) is 4.60. The highest BCUT2D eigenvalue weighted by atomic mass is 14.3. The molecule has 0 aromatic heterocycles. The Morgan fingerprint density at radius 3 is 2.80 bits per heavy atom. The molecule has 1 aromatic rings. The average Bonchev–Trinajstić information content (AvgIpc) is 2.60. The van der Waals surface area contributed by atoms with Gasteiger partial charge in [-0.05, 0) is 37.5 Å². The van der Waals surface area contributed by atoms with Gasteiger partial charge in [0.25, 0.3) is 0 Å². The average molecular weight is 197 g/mol. The van der Waals surface area contributed by atoms with Gasteiger partial charge in [0, 0.05) is 5.41 Å². The third-order valence-corrected chi connectivity index (χ3v) is 3.25. The molecule has 1 atom stereocenters. The Balaban J connectivity index is 2.42. The van der Waals surface area contributed by atoms with E-state index in [9.17, 15) is 0 Å². The van der Waals surface area contributed by atoms with Crippen molar-refractivity contribution in [3.05, 3.63) is 47.0 Å². The van der Waals surface area contributed by atoms with Crippen molar-refractivity contribution in [2.45, 2.75) is 32.1 Å². The Bertz CT molecular complexity index is 451. The lowest BCUT2D eigenvalue weighted by atomic mass is 9.81. The van der Waals surface area contributed by atoms with Crippen LogP contribution in [0.25, 0.3) is 0 Å². The molecule has 0 heterocycles. The zero-order valence-electron chi connectivity index (χ0n) is 9.25. The molecule has 0 saturated carbocycles. The minimum atomic E-state index is 0.136. The molecule has 1 aliphatic carbocycles. The summed E-state index contributed by atoms with van der Waals surface area (Å²) in [5.41, 5.74) is 3.61. The van der Waals surface area contributed by atoms with E-state index in [1.54, 1.807) is 0 Å². The molecule has 15 heavy (non-hydrogen) atoms. The highest BCUT2D eigenvalue weighted by molar-refractivity contribution is 5.40. The van der Waals surface area contributed by atoms with Crippen molar-refractivity contribution in [3.63, 3.8) is 0 Å². The molecule has 0 spiro atoms. The monoisotopic (exact) mass is 197 g/mol. The second kappa shape index (κ2) is 3.55. The van der Waals surface area contributed by atoms with Gasteiger partial charge in [-0.1, -0.05) is 30.7 Å². The molecule has 0 radical (unpaired) electrons. The molecule has 0 N–H and O–H groups in total. The first-order chi connectivity index (χ1) is 7.14. The van der Waals surface area contributed by atoms with Gasteiger partial charge in [-0.25, -0.2) is 0 Å². The van der Waals surface area contributed by atoms with E-state index in [-0.39, 0.29) is 5.41 Å². The number of rotatable bonds is 1. The summed E-state index contributed by atoms with van der Waals surface area (Å²) < 4.78 is 0. The van der Waals surface area contributed by atoms with Crippen molar-refractivity contribution in [2.24, 2.45) is 0 Å². The molecule has 1 heteroatoms. The molecule has 1 nitrogen and oxygen atoms in total. The summed E-state index contributed by atoms with van der Waals surface area (Å²) in [7, 11) is 0. The fourth-order valence-electron chi connectivity index (χ4n) is 2.32. The zero-order valence-corrected chi connectivity index (χ0v) is 9.25. The Morgan fingerprint density at radius 2 is 2.20 bits per heavy atom. The predicted molar refractivity (Wildman–Crippen MR) is 61.5 cm³/mol. The Kier molecular flexibility index (Phi) is 2.36. The quantitative estimate of drug-likeness (QED) is 0.631. The highest BCUT2D eigenvalue weighted by Crippen LogP contribution is 2.38. The lowest BCUT2D eigenvalue weighted by molar-refractivity contribution is 0.578. The first-order valence-corrected chi connectivity index (χ1v) is 5.33. The van der Waals surface area contributed by atoms with E-state index < -0.39 is 0 Å². The first-order valence-electron chi connectivity index (χ1n) is 5.33. The largest absolute Gasteiger partial charge is 0.192 e. The number of allylic oxidation sites excluding steroid dienone is 2. The molecule has 0 saturated heterocycles. The molecule has 0 bridgehead atoms. The number of benzene rings is 1. The summed E-state index contributed by atoms with van der Waals surface area (Å²) in [6.07, 6.45) is 4.67. The molecule has 0 fully saturated rings. The molecule has 1 aliphatic rings.